The third-order valence-electron chi connectivity index (χ3n) is 3.28. The van der Waals surface area contributed by atoms with E-state index in [1.807, 2.05) is 0 Å². The van der Waals surface area contributed by atoms with Gasteiger partial charge in [-0.15, -0.1) is 0 Å². The molecule has 0 aromatic rings. The first-order valence-electron chi connectivity index (χ1n) is 6.33. The van der Waals surface area contributed by atoms with Crippen molar-refractivity contribution in [3.63, 3.8) is 0 Å². The van der Waals surface area contributed by atoms with Crippen LogP contribution in [0.25, 0.3) is 0 Å². The molecule has 0 amide bonds. The van der Waals surface area contributed by atoms with Crippen molar-refractivity contribution in [3.05, 3.63) is 0 Å². The van der Waals surface area contributed by atoms with Gasteiger partial charge in [-0.05, 0) is 18.9 Å². The Morgan fingerprint density at radius 2 is 2.07 bits per heavy atom. The summed E-state index contributed by atoms with van der Waals surface area (Å²) >= 11 is 0. The van der Waals surface area contributed by atoms with Gasteiger partial charge in [-0.25, -0.2) is 0 Å². The molecule has 1 fully saturated rings. The molecule has 3 heteroatoms. The second-order valence-corrected chi connectivity index (χ2v) is 5.00. The first-order chi connectivity index (χ1) is 7.17. The number of piperazine rings is 1. The minimum absolute atomic E-state index is 0.746. The minimum Gasteiger partial charge on any atom is -0.329 e. The zero-order valence-electron chi connectivity index (χ0n) is 10.6. The molecule has 2 N–H and O–H groups in total. The van der Waals surface area contributed by atoms with Gasteiger partial charge in [0.05, 0.1) is 0 Å². The Morgan fingerprint density at radius 3 is 2.60 bits per heavy atom. The average Bonchev–Trinajstić information content (AvgIpc) is 2.18. The molecule has 0 bridgehead atoms. The lowest BCUT2D eigenvalue weighted by atomic mass is 10.00. The fraction of sp³-hybridized carbons (Fsp3) is 1.00. The molecule has 0 spiro atoms. The van der Waals surface area contributed by atoms with Crippen molar-refractivity contribution < 1.29 is 0 Å². The van der Waals surface area contributed by atoms with Gasteiger partial charge in [0.1, 0.15) is 0 Å². The highest BCUT2D eigenvalue weighted by Gasteiger charge is 2.25. The molecule has 1 aliphatic heterocycles. The van der Waals surface area contributed by atoms with E-state index in [0.29, 0.717) is 0 Å². The third-order valence-corrected chi connectivity index (χ3v) is 3.28. The zero-order valence-corrected chi connectivity index (χ0v) is 10.6. The van der Waals surface area contributed by atoms with Gasteiger partial charge in [0.2, 0.25) is 0 Å². The lowest BCUT2D eigenvalue weighted by Crippen LogP contribution is -2.54. The van der Waals surface area contributed by atoms with Crippen LogP contribution in [-0.4, -0.2) is 55.1 Å². The van der Waals surface area contributed by atoms with Crippen LogP contribution in [0.3, 0.4) is 0 Å². The number of nitrogens with two attached hydrogens (primary N) is 1. The van der Waals surface area contributed by atoms with E-state index in [-0.39, 0.29) is 0 Å². The molecule has 1 rings (SSSR count). The highest BCUT2D eigenvalue weighted by atomic mass is 15.3. The van der Waals surface area contributed by atoms with Crippen LogP contribution >= 0.6 is 0 Å². The van der Waals surface area contributed by atoms with Crippen molar-refractivity contribution in [2.24, 2.45) is 11.7 Å². The van der Waals surface area contributed by atoms with Gasteiger partial charge in [-0.1, -0.05) is 20.8 Å². The number of hydrogen-bond acceptors (Lipinski definition) is 3. The monoisotopic (exact) mass is 213 g/mol. The molecule has 1 unspecified atom stereocenters. The van der Waals surface area contributed by atoms with E-state index in [1.54, 1.807) is 0 Å². The summed E-state index contributed by atoms with van der Waals surface area (Å²) < 4.78 is 0. The maximum atomic E-state index is 5.62. The number of rotatable bonds is 5. The molecule has 0 aliphatic carbocycles. The Labute approximate surface area is 94.6 Å². The first-order valence-corrected chi connectivity index (χ1v) is 6.33. The van der Waals surface area contributed by atoms with E-state index in [2.05, 4.69) is 30.6 Å². The van der Waals surface area contributed by atoms with Crippen molar-refractivity contribution in [1.82, 2.24) is 9.80 Å². The highest BCUT2D eigenvalue weighted by molar-refractivity contribution is 4.82. The van der Waals surface area contributed by atoms with Gasteiger partial charge in [0, 0.05) is 38.8 Å². The van der Waals surface area contributed by atoms with E-state index in [4.69, 9.17) is 5.73 Å². The normalized spacial score (nSPS) is 25.0. The van der Waals surface area contributed by atoms with Crippen LogP contribution in [0.15, 0.2) is 0 Å². The number of likely N-dealkylation sites (N-methyl/N-ethyl adjacent to an activating group) is 1. The van der Waals surface area contributed by atoms with E-state index in [1.165, 1.54) is 32.6 Å². The second-order valence-electron chi connectivity index (χ2n) is 5.00. The summed E-state index contributed by atoms with van der Waals surface area (Å²) in [6, 6.07) is 0.746. The molecule has 1 aliphatic rings. The molecule has 3 nitrogen and oxygen atoms in total. The summed E-state index contributed by atoms with van der Waals surface area (Å²) in [7, 11) is 0. The molecule has 15 heavy (non-hydrogen) atoms. The predicted octanol–water partition coefficient (Wildman–Crippen LogP) is 0.997. The van der Waals surface area contributed by atoms with Crippen LogP contribution in [0.5, 0.6) is 0 Å². The molecule has 90 valence electrons. The first kappa shape index (κ1) is 12.9. The molecular weight excluding hydrogens is 186 g/mol. The van der Waals surface area contributed by atoms with E-state index < -0.39 is 0 Å². The molecule has 1 heterocycles. The van der Waals surface area contributed by atoms with E-state index in [0.717, 1.165) is 25.0 Å². The quantitative estimate of drug-likeness (QED) is 0.739. The third kappa shape index (κ3) is 4.09. The molecule has 0 saturated carbocycles. The van der Waals surface area contributed by atoms with Gasteiger partial charge in [-0.3, -0.25) is 9.80 Å². The van der Waals surface area contributed by atoms with Crippen molar-refractivity contribution >= 4 is 0 Å². The van der Waals surface area contributed by atoms with Crippen LogP contribution in [0.4, 0.5) is 0 Å². The summed E-state index contributed by atoms with van der Waals surface area (Å²) in [5.74, 6) is 0.793. The fourth-order valence-electron chi connectivity index (χ4n) is 2.53. The molecule has 1 atom stereocenters. The molecule has 0 radical (unpaired) electrons. The van der Waals surface area contributed by atoms with Crippen LogP contribution < -0.4 is 5.73 Å². The lowest BCUT2D eigenvalue weighted by Gasteiger charge is -2.41. The number of hydrogen-bond donors (Lipinski definition) is 1. The summed E-state index contributed by atoms with van der Waals surface area (Å²) in [6.45, 7) is 13.6. The number of nitrogens with zero attached hydrogens (tertiary/aromatic N) is 2. The Balaban J connectivity index is 2.45. The Bertz CT molecular complexity index is 170. The predicted molar refractivity (Wildman–Crippen MR) is 66.0 cm³/mol. The van der Waals surface area contributed by atoms with Gasteiger partial charge in [-0.2, -0.15) is 0 Å². The SMILES string of the molecule is CCN1CCN(CCN)CC1CC(C)C. The van der Waals surface area contributed by atoms with Crippen LogP contribution in [0.1, 0.15) is 27.2 Å². The second kappa shape index (κ2) is 6.46. The average molecular weight is 213 g/mol. The smallest absolute Gasteiger partial charge is 0.0226 e. The van der Waals surface area contributed by atoms with Crippen LogP contribution in [0.2, 0.25) is 0 Å². The van der Waals surface area contributed by atoms with E-state index in [9.17, 15) is 0 Å². The van der Waals surface area contributed by atoms with Crippen molar-refractivity contribution in [1.29, 1.82) is 0 Å². The van der Waals surface area contributed by atoms with Gasteiger partial charge in [0.25, 0.3) is 0 Å². The van der Waals surface area contributed by atoms with Crippen LogP contribution in [-0.2, 0) is 0 Å². The van der Waals surface area contributed by atoms with Crippen molar-refractivity contribution in [2.45, 2.75) is 33.2 Å². The summed E-state index contributed by atoms with van der Waals surface area (Å²) in [5.41, 5.74) is 5.62. The molecule has 1 saturated heterocycles. The minimum atomic E-state index is 0.746. The van der Waals surface area contributed by atoms with Crippen molar-refractivity contribution in [2.75, 3.05) is 39.3 Å². The Morgan fingerprint density at radius 1 is 1.33 bits per heavy atom. The Hall–Kier alpha value is -0.120. The fourth-order valence-corrected chi connectivity index (χ4v) is 2.53. The maximum Gasteiger partial charge on any atom is 0.0226 e. The van der Waals surface area contributed by atoms with Crippen molar-refractivity contribution in [3.8, 4) is 0 Å². The largest absolute Gasteiger partial charge is 0.329 e. The summed E-state index contributed by atoms with van der Waals surface area (Å²) in [5, 5.41) is 0. The highest BCUT2D eigenvalue weighted by Crippen LogP contribution is 2.16. The Kier molecular flexibility index (Phi) is 5.58. The van der Waals surface area contributed by atoms with Crippen LogP contribution in [0, 0.1) is 5.92 Å². The lowest BCUT2D eigenvalue weighted by molar-refractivity contribution is 0.0690. The maximum absolute atomic E-state index is 5.62. The molecule has 0 aromatic heterocycles. The van der Waals surface area contributed by atoms with Gasteiger partial charge in [0.15, 0.2) is 0 Å². The van der Waals surface area contributed by atoms with E-state index >= 15 is 0 Å². The standard InChI is InChI=1S/C12H27N3/c1-4-15-8-7-14(6-5-13)10-12(15)9-11(2)3/h11-12H,4-10,13H2,1-3H3. The van der Waals surface area contributed by atoms with Gasteiger partial charge < -0.3 is 5.73 Å². The van der Waals surface area contributed by atoms with Gasteiger partial charge >= 0.3 is 0 Å². The molecule has 0 aromatic carbocycles. The summed E-state index contributed by atoms with van der Waals surface area (Å²) in [6.07, 6.45) is 1.31. The molecular formula is C12H27N3. The topological polar surface area (TPSA) is 32.5 Å². The zero-order chi connectivity index (χ0) is 11.3. The summed E-state index contributed by atoms with van der Waals surface area (Å²) in [4.78, 5) is 5.13.